The van der Waals surface area contributed by atoms with E-state index in [0.29, 0.717) is 5.69 Å². The first-order chi connectivity index (χ1) is 11.9. The van der Waals surface area contributed by atoms with Crippen molar-refractivity contribution in [3.63, 3.8) is 0 Å². The van der Waals surface area contributed by atoms with Gasteiger partial charge in [0.25, 0.3) is 5.91 Å². The van der Waals surface area contributed by atoms with Gasteiger partial charge in [0.15, 0.2) is 0 Å². The molecule has 0 radical (unpaired) electrons. The fourth-order valence-electron chi connectivity index (χ4n) is 2.84. The van der Waals surface area contributed by atoms with E-state index in [2.05, 4.69) is 0 Å². The SMILES string of the molecule is CC1C(=O)N(c2ccc(F)c(Cl)c2)CCN1C(=O)c1cccc(F)c1. The van der Waals surface area contributed by atoms with Crippen molar-refractivity contribution < 1.29 is 18.4 Å². The van der Waals surface area contributed by atoms with Gasteiger partial charge in [-0.05, 0) is 43.3 Å². The summed E-state index contributed by atoms with van der Waals surface area (Å²) >= 11 is 5.78. The molecule has 4 nitrogen and oxygen atoms in total. The highest BCUT2D eigenvalue weighted by molar-refractivity contribution is 6.31. The standard InChI is InChI=1S/C18H15ClF2N2O2/c1-11-17(24)23(14-5-6-16(21)15(19)10-14)8-7-22(11)18(25)12-3-2-4-13(20)9-12/h2-6,9-11H,7-8H2,1H3. The molecule has 1 atom stereocenters. The van der Waals surface area contributed by atoms with Crippen LogP contribution in [0.5, 0.6) is 0 Å². The molecule has 2 aromatic rings. The molecule has 1 heterocycles. The fourth-order valence-corrected chi connectivity index (χ4v) is 3.02. The van der Waals surface area contributed by atoms with Crippen LogP contribution in [-0.4, -0.2) is 35.8 Å². The van der Waals surface area contributed by atoms with Crippen LogP contribution in [0.3, 0.4) is 0 Å². The second-order valence-electron chi connectivity index (χ2n) is 5.77. The number of anilines is 1. The van der Waals surface area contributed by atoms with E-state index in [4.69, 9.17) is 11.6 Å². The molecular weight excluding hydrogens is 350 g/mol. The molecule has 0 N–H and O–H groups in total. The summed E-state index contributed by atoms with van der Waals surface area (Å²) in [5.74, 6) is -1.79. The second-order valence-corrected chi connectivity index (χ2v) is 6.18. The molecule has 2 aromatic carbocycles. The van der Waals surface area contributed by atoms with Gasteiger partial charge in [0.1, 0.15) is 17.7 Å². The minimum atomic E-state index is -0.728. The van der Waals surface area contributed by atoms with Crippen LogP contribution in [0.2, 0.25) is 5.02 Å². The number of carbonyl (C=O) groups is 2. The Bertz CT molecular complexity index is 844. The average molecular weight is 365 g/mol. The van der Waals surface area contributed by atoms with Crippen LogP contribution < -0.4 is 4.90 Å². The molecular formula is C18H15ClF2N2O2. The van der Waals surface area contributed by atoms with Crippen LogP contribution in [0, 0.1) is 11.6 Å². The van der Waals surface area contributed by atoms with Crippen LogP contribution in [0.25, 0.3) is 0 Å². The van der Waals surface area contributed by atoms with Gasteiger partial charge in [-0.1, -0.05) is 17.7 Å². The highest BCUT2D eigenvalue weighted by Crippen LogP contribution is 2.26. The monoisotopic (exact) mass is 364 g/mol. The lowest BCUT2D eigenvalue weighted by Gasteiger charge is -2.39. The summed E-state index contributed by atoms with van der Waals surface area (Å²) in [6.07, 6.45) is 0. The third-order valence-corrected chi connectivity index (χ3v) is 4.49. The zero-order chi connectivity index (χ0) is 18.1. The van der Waals surface area contributed by atoms with E-state index < -0.39 is 23.6 Å². The van der Waals surface area contributed by atoms with Crippen molar-refractivity contribution in [2.45, 2.75) is 13.0 Å². The number of halogens is 3. The molecule has 0 aliphatic carbocycles. The zero-order valence-electron chi connectivity index (χ0n) is 13.4. The lowest BCUT2D eigenvalue weighted by molar-refractivity contribution is -0.124. The predicted molar refractivity (Wildman–Crippen MR) is 90.7 cm³/mol. The van der Waals surface area contributed by atoms with Crippen molar-refractivity contribution in [1.29, 1.82) is 0 Å². The van der Waals surface area contributed by atoms with Crippen LogP contribution in [0.15, 0.2) is 42.5 Å². The molecule has 1 aliphatic rings. The maximum atomic E-state index is 13.3. The molecule has 0 saturated carbocycles. The third kappa shape index (κ3) is 3.35. The molecule has 1 saturated heterocycles. The highest BCUT2D eigenvalue weighted by atomic mass is 35.5. The first-order valence-corrected chi connectivity index (χ1v) is 8.09. The first-order valence-electron chi connectivity index (χ1n) is 7.71. The van der Waals surface area contributed by atoms with Crippen LogP contribution >= 0.6 is 11.6 Å². The highest BCUT2D eigenvalue weighted by Gasteiger charge is 2.35. The third-order valence-electron chi connectivity index (χ3n) is 4.20. The molecule has 130 valence electrons. The average Bonchev–Trinajstić information content (AvgIpc) is 2.59. The molecule has 1 unspecified atom stereocenters. The Morgan fingerprint density at radius 2 is 1.92 bits per heavy atom. The molecule has 3 rings (SSSR count). The summed E-state index contributed by atoms with van der Waals surface area (Å²) in [4.78, 5) is 28.1. The van der Waals surface area contributed by atoms with Crippen LogP contribution in [-0.2, 0) is 4.79 Å². The smallest absolute Gasteiger partial charge is 0.254 e. The Hall–Kier alpha value is -2.47. The maximum absolute atomic E-state index is 13.3. The summed E-state index contributed by atoms with van der Waals surface area (Å²) < 4.78 is 26.6. The lowest BCUT2D eigenvalue weighted by Crippen LogP contribution is -2.57. The number of amides is 2. The number of benzene rings is 2. The van der Waals surface area contributed by atoms with E-state index in [1.54, 1.807) is 6.92 Å². The number of rotatable bonds is 2. The van der Waals surface area contributed by atoms with Crippen molar-refractivity contribution in [3.05, 3.63) is 64.7 Å². The van der Waals surface area contributed by atoms with Gasteiger partial charge in [-0.2, -0.15) is 0 Å². The number of hydrogen-bond acceptors (Lipinski definition) is 2. The molecule has 1 fully saturated rings. The fraction of sp³-hybridized carbons (Fsp3) is 0.222. The molecule has 0 bridgehead atoms. The number of nitrogens with zero attached hydrogens (tertiary/aromatic N) is 2. The van der Waals surface area contributed by atoms with Gasteiger partial charge >= 0.3 is 0 Å². The number of piperazine rings is 1. The molecule has 0 spiro atoms. The Morgan fingerprint density at radius 3 is 2.60 bits per heavy atom. The minimum Gasteiger partial charge on any atom is -0.325 e. The molecule has 7 heteroatoms. The zero-order valence-corrected chi connectivity index (χ0v) is 14.1. The maximum Gasteiger partial charge on any atom is 0.254 e. The van der Waals surface area contributed by atoms with E-state index in [0.717, 1.165) is 6.07 Å². The van der Waals surface area contributed by atoms with E-state index in [1.165, 1.54) is 46.2 Å². The van der Waals surface area contributed by atoms with Gasteiger partial charge < -0.3 is 9.80 Å². The van der Waals surface area contributed by atoms with Gasteiger partial charge in [-0.15, -0.1) is 0 Å². The summed E-state index contributed by atoms with van der Waals surface area (Å²) in [6.45, 7) is 2.13. The van der Waals surface area contributed by atoms with E-state index in [1.807, 2.05) is 0 Å². The predicted octanol–water partition coefficient (Wildman–Crippen LogP) is 3.50. The van der Waals surface area contributed by atoms with Crippen LogP contribution in [0.1, 0.15) is 17.3 Å². The van der Waals surface area contributed by atoms with Gasteiger partial charge in [-0.25, -0.2) is 8.78 Å². The lowest BCUT2D eigenvalue weighted by atomic mass is 10.1. The Kier molecular flexibility index (Phi) is 4.72. The number of carbonyl (C=O) groups excluding carboxylic acids is 2. The van der Waals surface area contributed by atoms with Crippen LogP contribution in [0.4, 0.5) is 14.5 Å². The van der Waals surface area contributed by atoms with Gasteiger partial charge in [0.05, 0.1) is 5.02 Å². The van der Waals surface area contributed by atoms with Crippen molar-refractivity contribution in [2.24, 2.45) is 0 Å². The molecule has 0 aromatic heterocycles. The quantitative estimate of drug-likeness (QED) is 0.818. The van der Waals surface area contributed by atoms with E-state index >= 15 is 0 Å². The van der Waals surface area contributed by atoms with Gasteiger partial charge in [-0.3, -0.25) is 9.59 Å². The molecule has 1 aliphatic heterocycles. The van der Waals surface area contributed by atoms with Crippen molar-refractivity contribution in [2.75, 3.05) is 18.0 Å². The number of hydrogen-bond donors (Lipinski definition) is 0. The minimum absolute atomic E-state index is 0.0729. The Morgan fingerprint density at radius 1 is 1.16 bits per heavy atom. The summed E-state index contributed by atoms with van der Waals surface area (Å²) in [6, 6.07) is 8.67. The largest absolute Gasteiger partial charge is 0.325 e. The van der Waals surface area contributed by atoms with Gasteiger partial charge in [0.2, 0.25) is 5.91 Å². The molecule has 2 amide bonds. The Labute approximate surface area is 148 Å². The van der Waals surface area contributed by atoms with Crippen molar-refractivity contribution in [3.8, 4) is 0 Å². The molecule has 25 heavy (non-hydrogen) atoms. The van der Waals surface area contributed by atoms with Crippen molar-refractivity contribution >= 4 is 29.1 Å². The van der Waals surface area contributed by atoms with E-state index in [-0.39, 0.29) is 29.6 Å². The summed E-state index contributed by atoms with van der Waals surface area (Å²) in [5, 5.41) is -0.0729. The first kappa shape index (κ1) is 17.4. The Balaban J connectivity index is 1.81. The summed E-state index contributed by atoms with van der Waals surface area (Å²) in [5.41, 5.74) is 0.666. The topological polar surface area (TPSA) is 40.6 Å². The van der Waals surface area contributed by atoms with Gasteiger partial charge in [0, 0.05) is 24.3 Å². The van der Waals surface area contributed by atoms with E-state index in [9.17, 15) is 18.4 Å². The summed E-state index contributed by atoms with van der Waals surface area (Å²) in [7, 11) is 0. The second kappa shape index (κ2) is 6.80. The normalized spacial score (nSPS) is 17.8. The van der Waals surface area contributed by atoms with Crippen molar-refractivity contribution in [1.82, 2.24) is 4.90 Å².